The Kier molecular flexibility index (Phi) is 5.12. The van der Waals surface area contributed by atoms with Crippen molar-refractivity contribution in [3.63, 3.8) is 0 Å². The zero-order chi connectivity index (χ0) is 8.85. The van der Waals surface area contributed by atoms with Crippen LogP contribution >= 0.6 is 0 Å². The van der Waals surface area contributed by atoms with Gasteiger partial charge in [0, 0.05) is 0 Å². The first kappa shape index (κ1) is 10.6. The molecule has 0 aliphatic carbocycles. The lowest BCUT2D eigenvalue weighted by Gasteiger charge is -2.20. The van der Waals surface area contributed by atoms with E-state index >= 15 is 0 Å². The third-order valence-corrected chi connectivity index (χ3v) is 2.07. The molecule has 1 N–H and O–H groups in total. The molecule has 0 bridgehead atoms. The van der Waals surface area contributed by atoms with Gasteiger partial charge in [-0.25, -0.2) is 0 Å². The second-order valence-corrected chi connectivity index (χ2v) is 3.03. The highest BCUT2D eigenvalue weighted by atomic mass is 16.1. The van der Waals surface area contributed by atoms with Crippen LogP contribution in [0, 0.1) is 5.92 Å². The second-order valence-electron chi connectivity index (χ2n) is 3.03. The summed E-state index contributed by atoms with van der Waals surface area (Å²) in [4.78, 5) is 11.1. The first-order chi connectivity index (χ1) is 5.13. The van der Waals surface area contributed by atoms with Gasteiger partial charge in [0.1, 0.15) is 5.78 Å². The maximum Gasteiger partial charge on any atom is 0.146 e. The van der Waals surface area contributed by atoms with Crippen molar-refractivity contribution in [3.8, 4) is 0 Å². The molecule has 2 nitrogen and oxygen atoms in total. The molecule has 2 unspecified atom stereocenters. The summed E-state index contributed by atoms with van der Waals surface area (Å²) in [6.07, 6.45) is 1.05. The average molecular weight is 157 g/mol. The van der Waals surface area contributed by atoms with Crippen molar-refractivity contribution in [3.05, 3.63) is 0 Å². The van der Waals surface area contributed by atoms with Gasteiger partial charge >= 0.3 is 0 Å². The van der Waals surface area contributed by atoms with E-state index in [2.05, 4.69) is 19.2 Å². The lowest BCUT2D eigenvalue weighted by molar-refractivity contribution is -0.120. The molecule has 2 heteroatoms. The van der Waals surface area contributed by atoms with Gasteiger partial charge in [0.2, 0.25) is 0 Å². The number of nitrogens with one attached hydrogen (secondary N) is 1. The number of hydrogen-bond acceptors (Lipinski definition) is 2. The predicted octanol–water partition coefficient (Wildman–Crippen LogP) is 1.60. The highest BCUT2D eigenvalue weighted by Gasteiger charge is 2.18. The molecule has 0 rings (SSSR count). The van der Waals surface area contributed by atoms with Crippen LogP contribution in [0.25, 0.3) is 0 Å². The molecule has 0 aliphatic rings. The molecule has 66 valence electrons. The normalized spacial score (nSPS) is 16.0. The zero-order valence-electron chi connectivity index (χ0n) is 7.98. The van der Waals surface area contributed by atoms with Gasteiger partial charge in [-0.2, -0.15) is 0 Å². The molecule has 11 heavy (non-hydrogen) atoms. The van der Waals surface area contributed by atoms with Gasteiger partial charge in [-0.05, 0) is 19.4 Å². The summed E-state index contributed by atoms with van der Waals surface area (Å²) >= 11 is 0. The molecule has 0 heterocycles. The highest BCUT2D eigenvalue weighted by molar-refractivity contribution is 5.81. The smallest absolute Gasteiger partial charge is 0.146 e. The van der Waals surface area contributed by atoms with Gasteiger partial charge in [-0.3, -0.25) is 4.79 Å². The van der Waals surface area contributed by atoms with E-state index in [9.17, 15) is 4.79 Å². The van der Waals surface area contributed by atoms with E-state index in [-0.39, 0.29) is 11.8 Å². The van der Waals surface area contributed by atoms with Crippen LogP contribution in [0.3, 0.4) is 0 Å². The maximum absolute atomic E-state index is 11.1. The molecule has 0 spiro atoms. The minimum atomic E-state index is 0.0602. The summed E-state index contributed by atoms with van der Waals surface area (Å²) in [6, 6.07) is 0.0602. The Bertz CT molecular complexity index is 123. The summed E-state index contributed by atoms with van der Waals surface area (Å²) in [5.74, 6) is 0.702. The van der Waals surface area contributed by atoms with Crippen LogP contribution in [-0.4, -0.2) is 18.4 Å². The number of rotatable bonds is 5. The summed E-state index contributed by atoms with van der Waals surface area (Å²) in [6.45, 7) is 8.76. The first-order valence-corrected chi connectivity index (χ1v) is 4.37. The molecule has 0 radical (unpaired) electrons. The van der Waals surface area contributed by atoms with Gasteiger partial charge in [-0.1, -0.05) is 27.2 Å². The average Bonchev–Trinajstić information content (AvgIpc) is 1.98. The topological polar surface area (TPSA) is 29.1 Å². The third kappa shape index (κ3) is 3.51. The van der Waals surface area contributed by atoms with Gasteiger partial charge in [0.05, 0.1) is 6.04 Å². The SMILES string of the molecule is CCNC(C(C)=O)C(C)CC. The number of likely N-dealkylation sites (N-methyl/N-ethyl adjacent to an activating group) is 1. The van der Waals surface area contributed by atoms with E-state index < -0.39 is 0 Å². The quantitative estimate of drug-likeness (QED) is 0.656. The van der Waals surface area contributed by atoms with E-state index in [0.29, 0.717) is 5.92 Å². The molecule has 0 aromatic rings. The van der Waals surface area contributed by atoms with Gasteiger partial charge < -0.3 is 5.32 Å². The van der Waals surface area contributed by atoms with Gasteiger partial charge in [0.15, 0.2) is 0 Å². The van der Waals surface area contributed by atoms with Gasteiger partial charge in [-0.15, -0.1) is 0 Å². The number of carbonyl (C=O) groups is 1. The fraction of sp³-hybridized carbons (Fsp3) is 0.889. The van der Waals surface area contributed by atoms with E-state index in [4.69, 9.17) is 0 Å². The van der Waals surface area contributed by atoms with Crippen molar-refractivity contribution >= 4 is 5.78 Å². The van der Waals surface area contributed by atoms with Crippen molar-refractivity contribution in [2.24, 2.45) is 5.92 Å². The summed E-state index contributed by atoms with van der Waals surface area (Å²) < 4.78 is 0. The standard InChI is InChI=1S/C9H19NO/c1-5-7(3)9(8(4)11)10-6-2/h7,9-10H,5-6H2,1-4H3. The van der Waals surface area contributed by atoms with Crippen molar-refractivity contribution < 1.29 is 4.79 Å². The van der Waals surface area contributed by atoms with Crippen molar-refractivity contribution in [2.45, 2.75) is 40.2 Å². The van der Waals surface area contributed by atoms with Crippen LogP contribution in [0.15, 0.2) is 0 Å². The molecule has 2 atom stereocenters. The zero-order valence-corrected chi connectivity index (χ0v) is 7.98. The minimum absolute atomic E-state index is 0.0602. The fourth-order valence-corrected chi connectivity index (χ4v) is 1.20. The fourth-order valence-electron chi connectivity index (χ4n) is 1.20. The minimum Gasteiger partial charge on any atom is -0.308 e. The Balaban J connectivity index is 3.97. The molecule has 0 amide bonds. The summed E-state index contributed by atoms with van der Waals surface area (Å²) in [5, 5.41) is 3.18. The Morgan fingerprint density at radius 2 is 2.00 bits per heavy atom. The van der Waals surface area contributed by atoms with Gasteiger partial charge in [0.25, 0.3) is 0 Å². The van der Waals surface area contributed by atoms with Crippen LogP contribution < -0.4 is 5.32 Å². The number of ketones is 1. The maximum atomic E-state index is 11.1. The monoisotopic (exact) mass is 157 g/mol. The van der Waals surface area contributed by atoms with E-state index in [1.165, 1.54) is 0 Å². The second kappa shape index (κ2) is 5.30. The van der Waals surface area contributed by atoms with Crippen molar-refractivity contribution in [1.82, 2.24) is 5.32 Å². The van der Waals surface area contributed by atoms with Crippen LogP contribution in [-0.2, 0) is 4.79 Å². The van der Waals surface area contributed by atoms with Crippen LogP contribution in [0.4, 0.5) is 0 Å². The molecule has 0 aromatic heterocycles. The predicted molar refractivity (Wildman–Crippen MR) is 47.6 cm³/mol. The molecule has 0 aromatic carbocycles. The van der Waals surface area contributed by atoms with Crippen LogP contribution in [0.5, 0.6) is 0 Å². The number of Topliss-reactive ketones (excluding diaryl/α,β-unsaturated/α-hetero) is 1. The van der Waals surface area contributed by atoms with E-state index in [1.807, 2.05) is 6.92 Å². The van der Waals surface area contributed by atoms with Crippen LogP contribution in [0.1, 0.15) is 34.1 Å². The van der Waals surface area contributed by atoms with E-state index in [0.717, 1.165) is 13.0 Å². The highest BCUT2D eigenvalue weighted by Crippen LogP contribution is 2.07. The Morgan fingerprint density at radius 3 is 2.27 bits per heavy atom. The third-order valence-electron chi connectivity index (χ3n) is 2.07. The molecule has 0 saturated heterocycles. The van der Waals surface area contributed by atoms with Crippen LogP contribution in [0.2, 0.25) is 0 Å². The molecule has 0 saturated carbocycles. The summed E-state index contributed by atoms with van der Waals surface area (Å²) in [7, 11) is 0. The number of carbonyl (C=O) groups excluding carboxylic acids is 1. The largest absolute Gasteiger partial charge is 0.308 e. The summed E-state index contributed by atoms with van der Waals surface area (Å²) in [5.41, 5.74) is 0. The molecular weight excluding hydrogens is 138 g/mol. The van der Waals surface area contributed by atoms with Crippen molar-refractivity contribution in [1.29, 1.82) is 0 Å². The molecule has 0 aliphatic heterocycles. The van der Waals surface area contributed by atoms with E-state index in [1.54, 1.807) is 6.92 Å². The van der Waals surface area contributed by atoms with Crippen molar-refractivity contribution in [2.75, 3.05) is 6.54 Å². The first-order valence-electron chi connectivity index (χ1n) is 4.37. The Hall–Kier alpha value is -0.370. The molecular formula is C9H19NO. The number of hydrogen-bond donors (Lipinski definition) is 1. The Morgan fingerprint density at radius 1 is 1.45 bits per heavy atom. The lowest BCUT2D eigenvalue weighted by Crippen LogP contribution is -2.40. The lowest BCUT2D eigenvalue weighted by atomic mass is 9.96. The molecule has 0 fully saturated rings. The Labute approximate surface area is 69.4 Å².